The third-order valence-corrected chi connectivity index (χ3v) is 2.70. The smallest absolute Gasteiger partial charge is 0.417 e. The van der Waals surface area contributed by atoms with Gasteiger partial charge in [0.15, 0.2) is 0 Å². The van der Waals surface area contributed by atoms with Crippen molar-refractivity contribution in [2.45, 2.75) is 59.7 Å². The van der Waals surface area contributed by atoms with E-state index in [0.29, 0.717) is 19.0 Å². The van der Waals surface area contributed by atoms with Crippen molar-refractivity contribution in [2.24, 2.45) is 10.7 Å². The first-order valence-corrected chi connectivity index (χ1v) is 7.21. The summed E-state index contributed by atoms with van der Waals surface area (Å²) in [6, 6.07) is 0. The van der Waals surface area contributed by atoms with E-state index in [-0.39, 0.29) is 6.17 Å². The first kappa shape index (κ1) is 18.7. The lowest BCUT2D eigenvalue weighted by Gasteiger charge is -2.34. The van der Waals surface area contributed by atoms with Gasteiger partial charge in [-0.3, -0.25) is 4.99 Å². The summed E-state index contributed by atoms with van der Waals surface area (Å²) < 4.78 is 5.42. The molecule has 0 aliphatic carbocycles. The van der Waals surface area contributed by atoms with E-state index >= 15 is 0 Å². The van der Waals surface area contributed by atoms with Gasteiger partial charge in [-0.2, -0.15) is 0 Å². The average Bonchev–Trinajstić information content (AvgIpc) is 2.34. The zero-order chi connectivity index (χ0) is 15.9. The standard InChI is InChI=1S/C14H30N4O2/c1-8-11(15)17(7)12(16-9-2)18(10-3)13(19)20-14(4,5)6/h11H,8-10,15H2,1-7H3/t11-/m1/s1. The predicted octanol–water partition coefficient (Wildman–Crippen LogP) is 2.25. The minimum absolute atomic E-state index is 0.184. The van der Waals surface area contributed by atoms with Crippen LogP contribution < -0.4 is 5.73 Å². The summed E-state index contributed by atoms with van der Waals surface area (Å²) in [4.78, 5) is 20.0. The number of aliphatic imine (C=N–C) groups is 1. The fourth-order valence-electron chi connectivity index (χ4n) is 1.62. The van der Waals surface area contributed by atoms with Crippen LogP contribution >= 0.6 is 0 Å². The summed E-state index contributed by atoms with van der Waals surface area (Å²) in [5.74, 6) is 0.554. The van der Waals surface area contributed by atoms with Crippen molar-refractivity contribution in [3.8, 4) is 0 Å². The number of hydrogen-bond donors (Lipinski definition) is 1. The van der Waals surface area contributed by atoms with Crippen LogP contribution in [-0.2, 0) is 4.74 Å². The van der Waals surface area contributed by atoms with E-state index in [1.807, 2.05) is 53.5 Å². The molecule has 1 atom stereocenters. The number of carbonyl (C=O) groups is 1. The molecule has 0 rings (SSSR count). The van der Waals surface area contributed by atoms with Crippen LogP contribution in [0, 0.1) is 0 Å². The van der Waals surface area contributed by atoms with Crippen LogP contribution in [0.4, 0.5) is 4.79 Å². The maximum atomic E-state index is 12.3. The number of guanidine groups is 1. The number of rotatable bonds is 4. The highest BCUT2D eigenvalue weighted by Gasteiger charge is 2.27. The largest absolute Gasteiger partial charge is 0.443 e. The molecule has 20 heavy (non-hydrogen) atoms. The molecule has 118 valence electrons. The van der Waals surface area contributed by atoms with E-state index < -0.39 is 11.7 Å². The van der Waals surface area contributed by atoms with Crippen LogP contribution in [0.1, 0.15) is 48.0 Å². The first-order valence-electron chi connectivity index (χ1n) is 7.21. The van der Waals surface area contributed by atoms with Crippen LogP contribution in [0.2, 0.25) is 0 Å². The van der Waals surface area contributed by atoms with Crippen LogP contribution in [0.25, 0.3) is 0 Å². The Morgan fingerprint density at radius 1 is 1.30 bits per heavy atom. The molecule has 0 aliphatic rings. The fourth-order valence-corrected chi connectivity index (χ4v) is 1.62. The van der Waals surface area contributed by atoms with Crippen molar-refractivity contribution in [1.29, 1.82) is 0 Å². The Morgan fingerprint density at radius 2 is 1.85 bits per heavy atom. The molecule has 0 aliphatic heterocycles. The Bertz CT molecular complexity index is 337. The van der Waals surface area contributed by atoms with Crippen molar-refractivity contribution >= 4 is 12.1 Å². The van der Waals surface area contributed by atoms with Crippen LogP contribution in [-0.4, -0.2) is 53.8 Å². The summed E-state index contributed by atoms with van der Waals surface area (Å²) in [6.45, 7) is 12.4. The van der Waals surface area contributed by atoms with Gasteiger partial charge in [-0.15, -0.1) is 0 Å². The Balaban J connectivity index is 5.22. The molecule has 0 aromatic carbocycles. The number of carbonyl (C=O) groups excluding carboxylic acids is 1. The molecule has 0 aromatic heterocycles. The maximum Gasteiger partial charge on any atom is 0.417 e. The van der Waals surface area contributed by atoms with E-state index in [0.717, 1.165) is 6.42 Å². The van der Waals surface area contributed by atoms with E-state index in [2.05, 4.69) is 4.99 Å². The molecule has 0 saturated heterocycles. The highest BCUT2D eigenvalue weighted by Crippen LogP contribution is 2.12. The monoisotopic (exact) mass is 286 g/mol. The molecular weight excluding hydrogens is 256 g/mol. The average molecular weight is 286 g/mol. The second-order valence-electron chi connectivity index (χ2n) is 5.59. The number of hydrogen-bond acceptors (Lipinski definition) is 4. The van der Waals surface area contributed by atoms with E-state index in [1.54, 1.807) is 0 Å². The molecule has 1 amide bonds. The van der Waals surface area contributed by atoms with Crippen molar-refractivity contribution in [1.82, 2.24) is 9.80 Å². The minimum Gasteiger partial charge on any atom is -0.443 e. The van der Waals surface area contributed by atoms with Crippen LogP contribution in [0.3, 0.4) is 0 Å². The molecule has 0 heterocycles. The van der Waals surface area contributed by atoms with Gasteiger partial charge in [0, 0.05) is 20.1 Å². The van der Waals surface area contributed by atoms with Gasteiger partial charge in [0.25, 0.3) is 0 Å². The molecule has 2 N–H and O–H groups in total. The molecule has 0 spiro atoms. The Morgan fingerprint density at radius 3 is 2.20 bits per heavy atom. The zero-order valence-electron chi connectivity index (χ0n) is 13.9. The van der Waals surface area contributed by atoms with E-state index in [1.165, 1.54) is 4.90 Å². The third-order valence-electron chi connectivity index (χ3n) is 2.70. The summed E-state index contributed by atoms with van der Waals surface area (Å²) in [5, 5.41) is 0. The van der Waals surface area contributed by atoms with Crippen molar-refractivity contribution in [3.63, 3.8) is 0 Å². The molecule has 0 bridgehead atoms. The molecule has 6 nitrogen and oxygen atoms in total. The van der Waals surface area contributed by atoms with Gasteiger partial charge in [-0.05, 0) is 41.0 Å². The van der Waals surface area contributed by atoms with E-state index in [4.69, 9.17) is 10.5 Å². The fraction of sp³-hybridized carbons (Fsp3) is 0.857. The summed E-state index contributed by atoms with van der Waals surface area (Å²) in [6.07, 6.45) is 0.185. The van der Waals surface area contributed by atoms with Gasteiger partial charge >= 0.3 is 6.09 Å². The van der Waals surface area contributed by atoms with Crippen molar-refractivity contribution < 1.29 is 9.53 Å². The molecule has 0 unspecified atom stereocenters. The van der Waals surface area contributed by atoms with Gasteiger partial charge in [0.2, 0.25) is 5.96 Å². The lowest BCUT2D eigenvalue weighted by molar-refractivity contribution is 0.0354. The second kappa shape index (κ2) is 8.09. The number of nitrogens with zero attached hydrogens (tertiary/aromatic N) is 3. The quantitative estimate of drug-likeness (QED) is 0.489. The highest BCUT2D eigenvalue weighted by atomic mass is 16.6. The Kier molecular flexibility index (Phi) is 7.57. The minimum atomic E-state index is -0.534. The topological polar surface area (TPSA) is 71.2 Å². The molecule has 0 radical (unpaired) electrons. The number of amides is 1. The van der Waals surface area contributed by atoms with Crippen LogP contribution in [0.15, 0.2) is 4.99 Å². The zero-order valence-corrected chi connectivity index (χ0v) is 13.9. The third kappa shape index (κ3) is 5.77. The summed E-state index contributed by atoms with van der Waals surface area (Å²) in [7, 11) is 1.84. The van der Waals surface area contributed by atoms with Gasteiger partial charge in [0.1, 0.15) is 5.60 Å². The summed E-state index contributed by atoms with van der Waals surface area (Å²) >= 11 is 0. The van der Waals surface area contributed by atoms with Crippen molar-refractivity contribution in [2.75, 3.05) is 20.1 Å². The van der Waals surface area contributed by atoms with Gasteiger partial charge in [-0.1, -0.05) is 6.92 Å². The highest BCUT2D eigenvalue weighted by molar-refractivity contribution is 5.94. The van der Waals surface area contributed by atoms with E-state index in [9.17, 15) is 4.79 Å². The Hall–Kier alpha value is -1.30. The molecular formula is C14H30N4O2. The predicted molar refractivity (Wildman–Crippen MR) is 82.6 cm³/mol. The Labute approximate surface area is 123 Å². The van der Waals surface area contributed by atoms with Gasteiger partial charge in [-0.25, -0.2) is 9.69 Å². The lowest BCUT2D eigenvalue weighted by Crippen LogP contribution is -2.53. The molecule has 0 aromatic rings. The lowest BCUT2D eigenvalue weighted by atomic mass is 10.2. The summed E-state index contributed by atoms with van der Waals surface area (Å²) in [5.41, 5.74) is 5.50. The van der Waals surface area contributed by atoms with Gasteiger partial charge < -0.3 is 15.4 Å². The molecule has 0 saturated carbocycles. The number of nitrogens with two attached hydrogens (primary N) is 1. The maximum absolute atomic E-state index is 12.3. The van der Waals surface area contributed by atoms with Crippen molar-refractivity contribution in [3.05, 3.63) is 0 Å². The van der Waals surface area contributed by atoms with Crippen LogP contribution in [0.5, 0.6) is 0 Å². The molecule has 6 heteroatoms. The van der Waals surface area contributed by atoms with Gasteiger partial charge in [0.05, 0.1) is 6.17 Å². The second-order valence-corrected chi connectivity index (χ2v) is 5.59. The SMILES string of the molecule is CCN=C(N(CC)C(=O)OC(C)(C)C)N(C)[C@@H](N)CC. The normalized spacial score (nSPS) is 13.9. The molecule has 0 fully saturated rings. The first-order chi connectivity index (χ1) is 9.17. The number of ether oxygens (including phenoxy) is 1.